The minimum atomic E-state index is -0.166. The smallest absolute Gasteiger partial charge is 0.251 e. The Labute approximate surface area is 112 Å². The molecule has 0 saturated heterocycles. The summed E-state index contributed by atoms with van der Waals surface area (Å²) in [6.07, 6.45) is 1.94. The summed E-state index contributed by atoms with van der Waals surface area (Å²) in [4.78, 5) is 12.0. The van der Waals surface area contributed by atoms with Gasteiger partial charge in [-0.05, 0) is 31.0 Å². The number of aliphatic hydroxyl groups excluding tert-OH is 1. The second kappa shape index (κ2) is 5.48. The molecule has 1 amide bonds. The molecule has 1 aliphatic rings. The first-order valence-electron chi connectivity index (χ1n) is 6.25. The minimum Gasteiger partial charge on any atom is -0.493 e. The molecule has 1 aromatic rings. The Morgan fingerprint density at radius 2 is 2.00 bits per heavy atom. The lowest BCUT2D eigenvalue weighted by Gasteiger charge is -2.13. The second-order valence-electron chi connectivity index (χ2n) is 4.91. The molecule has 1 fully saturated rings. The number of aliphatic hydroxyl groups is 1. The first-order chi connectivity index (χ1) is 9.14. The van der Waals surface area contributed by atoms with Crippen LogP contribution in [0, 0.1) is 5.41 Å². The summed E-state index contributed by atoms with van der Waals surface area (Å²) in [5.41, 5.74) is 0.429. The fourth-order valence-corrected chi connectivity index (χ4v) is 1.91. The molecule has 19 heavy (non-hydrogen) atoms. The lowest BCUT2D eigenvalue weighted by molar-refractivity contribution is 0.0935. The monoisotopic (exact) mass is 265 g/mol. The van der Waals surface area contributed by atoms with Crippen LogP contribution in [0.15, 0.2) is 18.2 Å². The molecule has 0 bridgehead atoms. The maximum absolute atomic E-state index is 12.0. The van der Waals surface area contributed by atoms with Gasteiger partial charge >= 0.3 is 0 Å². The van der Waals surface area contributed by atoms with Crippen LogP contribution in [0.2, 0.25) is 0 Å². The standard InChI is InChI=1S/C14H19NO4/c1-18-11-4-3-10(7-12(11)19-2)13(17)15-8-14(9-16)5-6-14/h3-4,7,16H,5-6,8-9H2,1-2H3,(H,15,17). The molecule has 5 heteroatoms. The van der Waals surface area contributed by atoms with Gasteiger partial charge in [0, 0.05) is 17.5 Å². The zero-order valence-electron chi connectivity index (χ0n) is 11.2. The van der Waals surface area contributed by atoms with Crippen molar-refractivity contribution in [2.45, 2.75) is 12.8 Å². The summed E-state index contributed by atoms with van der Waals surface area (Å²) in [5.74, 6) is 0.951. The molecule has 1 saturated carbocycles. The van der Waals surface area contributed by atoms with Gasteiger partial charge in [0.05, 0.1) is 20.8 Å². The van der Waals surface area contributed by atoms with Crippen molar-refractivity contribution in [3.8, 4) is 11.5 Å². The SMILES string of the molecule is COc1ccc(C(=O)NCC2(CO)CC2)cc1OC. The van der Waals surface area contributed by atoms with E-state index in [4.69, 9.17) is 9.47 Å². The average Bonchev–Trinajstić information content (AvgIpc) is 3.24. The summed E-state index contributed by atoms with van der Waals surface area (Å²) in [6, 6.07) is 5.04. The van der Waals surface area contributed by atoms with Crippen LogP contribution in [0.4, 0.5) is 0 Å². The van der Waals surface area contributed by atoms with E-state index in [1.54, 1.807) is 25.3 Å². The lowest BCUT2D eigenvalue weighted by atomic mass is 10.1. The molecule has 0 aliphatic heterocycles. The van der Waals surface area contributed by atoms with Gasteiger partial charge in [-0.15, -0.1) is 0 Å². The fourth-order valence-electron chi connectivity index (χ4n) is 1.91. The molecule has 1 aromatic carbocycles. The topological polar surface area (TPSA) is 67.8 Å². The van der Waals surface area contributed by atoms with Gasteiger partial charge in [-0.1, -0.05) is 0 Å². The molecule has 2 rings (SSSR count). The molecule has 0 spiro atoms. The number of hydrogen-bond donors (Lipinski definition) is 2. The van der Waals surface area contributed by atoms with E-state index in [0.717, 1.165) is 12.8 Å². The van der Waals surface area contributed by atoms with Crippen LogP contribution in [-0.2, 0) is 0 Å². The van der Waals surface area contributed by atoms with E-state index >= 15 is 0 Å². The Morgan fingerprint density at radius 1 is 1.32 bits per heavy atom. The van der Waals surface area contributed by atoms with E-state index < -0.39 is 0 Å². The zero-order valence-corrected chi connectivity index (χ0v) is 11.2. The Hall–Kier alpha value is -1.75. The molecule has 0 radical (unpaired) electrons. The summed E-state index contributed by atoms with van der Waals surface area (Å²) in [7, 11) is 3.08. The summed E-state index contributed by atoms with van der Waals surface area (Å²) in [5, 5.41) is 12.0. The third kappa shape index (κ3) is 2.98. The molecule has 0 heterocycles. The van der Waals surface area contributed by atoms with Crippen LogP contribution < -0.4 is 14.8 Å². The van der Waals surface area contributed by atoms with Gasteiger partial charge in [0.2, 0.25) is 0 Å². The predicted molar refractivity (Wildman–Crippen MR) is 70.6 cm³/mol. The average molecular weight is 265 g/mol. The van der Waals surface area contributed by atoms with Gasteiger partial charge in [0.15, 0.2) is 11.5 Å². The molecular weight excluding hydrogens is 246 g/mol. The highest BCUT2D eigenvalue weighted by Gasteiger charge is 2.42. The van der Waals surface area contributed by atoms with E-state index in [1.807, 2.05) is 0 Å². The number of rotatable bonds is 6. The molecule has 0 aromatic heterocycles. The van der Waals surface area contributed by atoms with Crippen molar-refractivity contribution in [3.05, 3.63) is 23.8 Å². The maximum Gasteiger partial charge on any atom is 0.251 e. The number of ether oxygens (including phenoxy) is 2. The number of nitrogens with one attached hydrogen (secondary N) is 1. The van der Waals surface area contributed by atoms with Gasteiger partial charge in [-0.2, -0.15) is 0 Å². The lowest BCUT2D eigenvalue weighted by Crippen LogP contribution is -2.31. The second-order valence-corrected chi connectivity index (χ2v) is 4.91. The third-order valence-electron chi connectivity index (χ3n) is 3.56. The van der Waals surface area contributed by atoms with Crippen molar-refractivity contribution in [3.63, 3.8) is 0 Å². The summed E-state index contributed by atoms with van der Waals surface area (Å²) < 4.78 is 10.3. The predicted octanol–water partition coefficient (Wildman–Crippen LogP) is 1.21. The molecule has 0 unspecified atom stereocenters. The Morgan fingerprint density at radius 3 is 2.53 bits per heavy atom. The van der Waals surface area contributed by atoms with Gasteiger partial charge in [-0.3, -0.25) is 4.79 Å². The Balaban J connectivity index is 2.02. The van der Waals surface area contributed by atoms with E-state index in [-0.39, 0.29) is 17.9 Å². The number of carbonyl (C=O) groups is 1. The van der Waals surface area contributed by atoms with E-state index in [2.05, 4.69) is 5.32 Å². The first kappa shape index (κ1) is 13.7. The molecule has 0 atom stereocenters. The van der Waals surface area contributed by atoms with Crippen molar-refractivity contribution in [1.82, 2.24) is 5.32 Å². The Kier molecular flexibility index (Phi) is 3.95. The number of carbonyl (C=O) groups excluding carboxylic acids is 1. The van der Waals surface area contributed by atoms with Crippen molar-refractivity contribution in [2.75, 3.05) is 27.4 Å². The van der Waals surface area contributed by atoms with Crippen LogP contribution in [0.5, 0.6) is 11.5 Å². The highest BCUT2D eigenvalue weighted by Crippen LogP contribution is 2.44. The van der Waals surface area contributed by atoms with Crippen LogP contribution in [0.1, 0.15) is 23.2 Å². The van der Waals surface area contributed by atoms with E-state index in [1.165, 1.54) is 7.11 Å². The van der Waals surface area contributed by atoms with Crippen LogP contribution in [-0.4, -0.2) is 38.4 Å². The highest BCUT2D eigenvalue weighted by atomic mass is 16.5. The number of hydrogen-bond acceptors (Lipinski definition) is 4. The fraction of sp³-hybridized carbons (Fsp3) is 0.500. The van der Waals surface area contributed by atoms with Gasteiger partial charge in [-0.25, -0.2) is 0 Å². The van der Waals surface area contributed by atoms with E-state index in [9.17, 15) is 9.90 Å². The number of methoxy groups -OCH3 is 2. The number of amides is 1. The van der Waals surface area contributed by atoms with Crippen molar-refractivity contribution >= 4 is 5.91 Å². The highest BCUT2D eigenvalue weighted by molar-refractivity contribution is 5.94. The normalized spacial score (nSPS) is 15.7. The Bertz CT molecular complexity index is 469. The molecule has 2 N–H and O–H groups in total. The quantitative estimate of drug-likeness (QED) is 0.811. The van der Waals surface area contributed by atoms with Crippen molar-refractivity contribution < 1.29 is 19.4 Å². The largest absolute Gasteiger partial charge is 0.493 e. The van der Waals surface area contributed by atoms with Gasteiger partial charge < -0.3 is 19.9 Å². The maximum atomic E-state index is 12.0. The van der Waals surface area contributed by atoms with Crippen LogP contribution in [0.3, 0.4) is 0 Å². The van der Waals surface area contributed by atoms with Crippen molar-refractivity contribution in [1.29, 1.82) is 0 Å². The summed E-state index contributed by atoms with van der Waals surface area (Å²) in [6.45, 7) is 0.635. The minimum absolute atomic E-state index is 0.0911. The van der Waals surface area contributed by atoms with Crippen LogP contribution >= 0.6 is 0 Å². The van der Waals surface area contributed by atoms with Gasteiger partial charge in [0.25, 0.3) is 5.91 Å². The van der Waals surface area contributed by atoms with Gasteiger partial charge in [0.1, 0.15) is 0 Å². The molecule has 1 aliphatic carbocycles. The third-order valence-corrected chi connectivity index (χ3v) is 3.56. The zero-order chi connectivity index (χ0) is 13.9. The van der Waals surface area contributed by atoms with E-state index in [0.29, 0.717) is 23.6 Å². The summed E-state index contributed by atoms with van der Waals surface area (Å²) >= 11 is 0. The molecular formula is C14H19NO4. The van der Waals surface area contributed by atoms with Crippen LogP contribution in [0.25, 0.3) is 0 Å². The molecule has 5 nitrogen and oxygen atoms in total. The first-order valence-corrected chi connectivity index (χ1v) is 6.25. The van der Waals surface area contributed by atoms with Crippen molar-refractivity contribution in [2.24, 2.45) is 5.41 Å². The molecule has 104 valence electrons. The number of benzene rings is 1.